The van der Waals surface area contributed by atoms with Crippen molar-refractivity contribution in [3.63, 3.8) is 0 Å². The monoisotopic (exact) mass is 360 g/mol. The number of aromatic nitrogens is 2. The molecule has 3 heterocycles. The minimum absolute atomic E-state index is 0.267. The minimum Gasteiger partial charge on any atom is -0.379 e. The van der Waals surface area contributed by atoms with Crippen molar-refractivity contribution in [3.05, 3.63) is 36.0 Å². The Hall–Kier alpha value is -1.83. The molecule has 2 aliphatic heterocycles. The molecule has 140 valence electrons. The molecule has 0 N–H and O–H groups in total. The standard InChI is InChI=1S/C19H25FN4O2/c20-16-6-4-15(5-7-16)19-21-18(26-22-19)14-24-8-2-1-3-17(24)13-23-9-11-25-12-10-23/h4-7,17H,1-3,8-14H2. The highest BCUT2D eigenvalue weighted by molar-refractivity contribution is 5.53. The predicted octanol–water partition coefficient (Wildman–Crippen LogP) is 2.56. The van der Waals surface area contributed by atoms with Gasteiger partial charge in [0.05, 0.1) is 19.8 Å². The van der Waals surface area contributed by atoms with Gasteiger partial charge in [0.25, 0.3) is 0 Å². The molecule has 2 fully saturated rings. The molecule has 4 rings (SSSR count). The molecule has 1 atom stereocenters. The fourth-order valence-corrected chi connectivity index (χ4v) is 3.77. The van der Waals surface area contributed by atoms with Crippen molar-refractivity contribution in [3.8, 4) is 11.4 Å². The molecule has 0 radical (unpaired) electrons. The molecule has 7 heteroatoms. The average molecular weight is 360 g/mol. The summed E-state index contributed by atoms with van der Waals surface area (Å²) in [4.78, 5) is 9.46. The van der Waals surface area contributed by atoms with Gasteiger partial charge < -0.3 is 9.26 Å². The molecule has 0 amide bonds. The number of halogens is 1. The van der Waals surface area contributed by atoms with Gasteiger partial charge in [0.1, 0.15) is 5.82 Å². The third-order valence-corrected chi connectivity index (χ3v) is 5.23. The Morgan fingerprint density at radius 1 is 1.08 bits per heavy atom. The van der Waals surface area contributed by atoms with E-state index in [-0.39, 0.29) is 5.82 Å². The van der Waals surface area contributed by atoms with E-state index in [1.165, 1.54) is 31.4 Å². The minimum atomic E-state index is -0.267. The van der Waals surface area contributed by atoms with E-state index in [0.717, 1.165) is 45.0 Å². The fraction of sp³-hybridized carbons (Fsp3) is 0.579. The fourth-order valence-electron chi connectivity index (χ4n) is 3.77. The summed E-state index contributed by atoms with van der Waals surface area (Å²) < 4.78 is 24.0. The first-order chi connectivity index (χ1) is 12.8. The van der Waals surface area contributed by atoms with Crippen molar-refractivity contribution in [2.75, 3.05) is 39.4 Å². The summed E-state index contributed by atoms with van der Waals surface area (Å²) in [6.07, 6.45) is 3.69. The second kappa shape index (κ2) is 8.24. The van der Waals surface area contributed by atoms with Crippen molar-refractivity contribution < 1.29 is 13.7 Å². The number of hydrogen-bond acceptors (Lipinski definition) is 6. The smallest absolute Gasteiger partial charge is 0.241 e. The SMILES string of the molecule is Fc1ccc(-c2noc(CN3CCCCC3CN3CCOCC3)n2)cc1. The Kier molecular flexibility index (Phi) is 5.57. The lowest BCUT2D eigenvalue weighted by Gasteiger charge is -2.39. The highest BCUT2D eigenvalue weighted by Gasteiger charge is 2.27. The van der Waals surface area contributed by atoms with Crippen LogP contribution in [-0.2, 0) is 11.3 Å². The number of likely N-dealkylation sites (tertiary alicyclic amines) is 1. The Labute approximate surface area is 152 Å². The van der Waals surface area contributed by atoms with Gasteiger partial charge in [-0.2, -0.15) is 4.98 Å². The van der Waals surface area contributed by atoms with E-state index < -0.39 is 0 Å². The Morgan fingerprint density at radius 2 is 1.88 bits per heavy atom. The zero-order valence-electron chi connectivity index (χ0n) is 14.9. The lowest BCUT2D eigenvalue weighted by Crippen LogP contribution is -2.49. The van der Waals surface area contributed by atoms with Crippen molar-refractivity contribution in [1.29, 1.82) is 0 Å². The number of benzene rings is 1. The Morgan fingerprint density at radius 3 is 2.69 bits per heavy atom. The molecule has 2 aromatic rings. The lowest BCUT2D eigenvalue weighted by atomic mass is 10.0. The largest absolute Gasteiger partial charge is 0.379 e. The number of nitrogens with zero attached hydrogens (tertiary/aromatic N) is 4. The number of ether oxygens (including phenoxy) is 1. The van der Waals surface area contributed by atoms with Crippen molar-refractivity contribution >= 4 is 0 Å². The van der Waals surface area contributed by atoms with Crippen molar-refractivity contribution in [2.45, 2.75) is 31.8 Å². The number of rotatable bonds is 5. The molecular weight excluding hydrogens is 335 g/mol. The Balaban J connectivity index is 1.40. The van der Waals surface area contributed by atoms with E-state index in [0.29, 0.717) is 24.3 Å². The second-order valence-electron chi connectivity index (χ2n) is 7.05. The summed E-state index contributed by atoms with van der Waals surface area (Å²) in [6, 6.07) is 6.68. The zero-order chi connectivity index (χ0) is 17.8. The molecule has 26 heavy (non-hydrogen) atoms. The topological polar surface area (TPSA) is 54.6 Å². The van der Waals surface area contributed by atoms with Crippen LogP contribution in [0.25, 0.3) is 11.4 Å². The van der Waals surface area contributed by atoms with Crippen LogP contribution in [0.2, 0.25) is 0 Å². The Bertz CT molecular complexity index is 700. The first kappa shape index (κ1) is 17.6. The van der Waals surface area contributed by atoms with Crippen LogP contribution in [-0.4, -0.2) is 65.4 Å². The van der Waals surface area contributed by atoms with E-state index in [1.807, 2.05) is 0 Å². The van der Waals surface area contributed by atoms with Crippen LogP contribution in [0, 0.1) is 5.82 Å². The van der Waals surface area contributed by atoms with Crippen LogP contribution in [0.15, 0.2) is 28.8 Å². The predicted molar refractivity (Wildman–Crippen MR) is 95.0 cm³/mol. The van der Waals surface area contributed by atoms with Crippen LogP contribution >= 0.6 is 0 Å². The van der Waals surface area contributed by atoms with Gasteiger partial charge in [0, 0.05) is 31.2 Å². The number of morpholine rings is 1. The maximum absolute atomic E-state index is 13.1. The van der Waals surface area contributed by atoms with Crippen LogP contribution in [0.4, 0.5) is 4.39 Å². The molecule has 1 aromatic heterocycles. The van der Waals surface area contributed by atoms with Crippen LogP contribution in [0.3, 0.4) is 0 Å². The molecule has 1 unspecified atom stereocenters. The molecule has 0 bridgehead atoms. The molecule has 6 nitrogen and oxygen atoms in total. The van der Waals surface area contributed by atoms with Crippen molar-refractivity contribution in [2.24, 2.45) is 0 Å². The molecule has 0 aliphatic carbocycles. The number of hydrogen-bond donors (Lipinski definition) is 0. The summed E-state index contributed by atoms with van der Waals surface area (Å²) >= 11 is 0. The van der Waals surface area contributed by atoms with Gasteiger partial charge in [-0.15, -0.1) is 0 Å². The lowest BCUT2D eigenvalue weighted by molar-refractivity contribution is 0.0136. The maximum atomic E-state index is 13.1. The highest BCUT2D eigenvalue weighted by atomic mass is 19.1. The van der Waals surface area contributed by atoms with E-state index in [4.69, 9.17) is 9.26 Å². The van der Waals surface area contributed by atoms with Gasteiger partial charge in [-0.1, -0.05) is 11.6 Å². The second-order valence-corrected chi connectivity index (χ2v) is 7.05. The van der Waals surface area contributed by atoms with E-state index in [2.05, 4.69) is 19.9 Å². The molecule has 2 saturated heterocycles. The first-order valence-corrected chi connectivity index (χ1v) is 9.40. The summed E-state index contributed by atoms with van der Waals surface area (Å²) in [6.45, 7) is 6.49. The van der Waals surface area contributed by atoms with Gasteiger partial charge in [-0.05, 0) is 43.7 Å². The third kappa shape index (κ3) is 4.28. The molecule has 2 aliphatic rings. The summed E-state index contributed by atoms with van der Waals surface area (Å²) in [5.41, 5.74) is 0.768. The summed E-state index contributed by atoms with van der Waals surface area (Å²) in [5.74, 6) is 0.872. The molecule has 0 saturated carbocycles. The van der Waals surface area contributed by atoms with Crippen molar-refractivity contribution in [1.82, 2.24) is 19.9 Å². The normalized spacial score (nSPS) is 22.6. The quantitative estimate of drug-likeness (QED) is 0.817. The van der Waals surface area contributed by atoms with Gasteiger partial charge in [0.15, 0.2) is 0 Å². The molecular formula is C19H25FN4O2. The first-order valence-electron chi connectivity index (χ1n) is 9.40. The van der Waals surface area contributed by atoms with Gasteiger partial charge >= 0.3 is 0 Å². The summed E-state index contributed by atoms with van der Waals surface area (Å²) in [7, 11) is 0. The summed E-state index contributed by atoms with van der Waals surface area (Å²) in [5, 5.41) is 4.06. The zero-order valence-corrected chi connectivity index (χ0v) is 14.9. The van der Waals surface area contributed by atoms with E-state index >= 15 is 0 Å². The number of piperidine rings is 1. The van der Waals surface area contributed by atoms with Gasteiger partial charge in [-0.25, -0.2) is 4.39 Å². The third-order valence-electron chi connectivity index (χ3n) is 5.23. The van der Waals surface area contributed by atoms with Crippen LogP contribution in [0.1, 0.15) is 25.2 Å². The average Bonchev–Trinajstić information content (AvgIpc) is 3.13. The maximum Gasteiger partial charge on any atom is 0.241 e. The van der Waals surface area contributed by atoms with Crippen LogP contribution in [0.5, 0.6) is 0 Å². The van der Waals surface area contributed by atoms with Gasteiger partial charge in [-0.3, -0.25) is 9.80 Å². The molecule has 0 spiro atoms. The highest BCUT2D eigenvalue weighted by Crippen LogP contribution is 2.22. The van der Waals surface area contributed by atoms with E-state index in [9.17, 15) is 4.39 Å². The molecule has 1 aromatic carbocycles. The van der Waals surface area contributed by atoms with E-state index in [1.54, 1.807) is 12.1 Å². The van der Waals surface area contributed by atoms with Crippen LogP contribution < -0.4 is 0 Å². The van der Waals surface area contributed by atoms with Gasteiger partial charge in [0.2, 0.25) is 11.7 Å².